The quantitative estimate of drug-likeness (QED) is 0.392. The standard InChI is InChI=1S/C21H23FN4O5/c1-15(21(27)23-13-16-2-5-18(22)6-3-16)31-24-14-17-4-7-19(20(12-17)26(28)29)25-8-10-30-11-9-25/h2-7,12,14-15H,8-11,13H2,1H3,(H,23,27)/b24-14+. The Morgan fingerprint density at radius 2 is 2.03 bits per heavy atom. The second-order valence-electron chi connectivity index (χ2n) is 6.93. The predicted molar refractivity (Wildman–Crippen MR) is 113 cm³/mol. The molecule has 1 aliphatic rings. The number of ether oxygens (including phenoxy) is 1. The van der Waals surface area contributed by atoms with Crippen molar-refractivity contribution in [3.8, 4) is 0 Å². The van der Waals surface area contributed by atoms with Crippen molar-refractivity contribution in [1.29, 1.82) is 0 Å². The number of anilines is 1. The predicted octanol–water partition coefficient (Wildman–Crippen LogP) is 2.63. The summed E-state index contributed by atoms with van der Waals surface area (Å²) in [5.41, 5.74) is 1.72. The van der Waals surface area contributed by atoms with Crippen molar-refractivity contribution in [2.24, 2.45) is 5.16 Å². The highest BCUT2D eigenvalue weighted by atomic mass is 19.1. The van der Waals surface area contributed by atoms with Crippen LogP contribution < -0.4 is 10.2 Å². The van der Waals surface area contributed by atoms with Gasteiger partial charge < -0.3 is 19.8 Å². The zero-order chi connectivity index (χ0) is 22.2. The zero-order valence-corrected chi connectivity index (χ0v) is 17.0. The average Bonchev–Trinajstić information content (AvgIpc) is 2.79. The Kier molecular flexibility index (Phi) is 7.50. The average molecular weight is 430 g/mol. The summed E-state index contributed by atoms with van der Waals surface area (Å²) < 4.78 is 18.2. The van der Waals surface area contributed by atoms with E-state index in [0.717, 1.165) is 5.56 Å². The summed E-state index contributed by atoms with van der Waals surface area (Å²) in [5, 5.41) is 17.9. The van der Waals surface area contributed by atoms with Crippen LogP contribution in [-0.4, -0.2) is 49.5 Å². The van der Waals surface area contributed by atoms with Crippen molar-refractivity contribution in [2.45, 2.75) is 19.6 Å². The fourth-order valence-corrected chi connectivity index (χ4v) is 3.00. The molecule has 0 bridgehead atoms. The van der Waals surface area contributed by atoms with Gasteiger partial charge in [-0.05, 0) is 30.7 Å². The van der Waals surface area contributed by atoms with Crippen LogP contribution in [0.4, 0.5) is 15.8 Å². The van der Waals surface area contributed by atoms with E-state index in [0.29, 0.717) is 37.6 Å². The first-order valence-corrected chi connectivity index (χ1v) is 9.76. The van der Waals surface area contributed by atoms with Crippen LogP contribution in [0.25, 0.3) is 0 Å². The number of carbonyl (C=O) groups excluding carboxylic acids is 1. The number of benzene rings is 2. The number of hydrogen-bond donors (Lipinski definition) is 1. The maximum Gasteiger partial charge on any atom is 0.293 e. The molecule has 1 atom stereocenters. The van der Waals surface area contributed by atoms with Crippen LogP contribution in [0.5, 0.6) is 0 Å². The lowest BCUT2D eigenvalue weighted by atomic mass is 10.1. The lowest BCUT2D eigenvalue weighted by Gasteiger charge is -2.28. The smallest absolute Gasteiger partial charge is 0.293 e. The third-order valence-corrected chi connectivity index (χ3v) is 4.72. The SMILES string of the molecule is CC(O/N=C/c1ccc(N2CCOCC2)c([N+](=O)[O-])c1)C(=O)NCc1ccc(F)cc1. The highest BCUT2D eigenvalue weighted by Crippen LogP contribution is 2.29. The first kappa shape index (κ1) is 22.2. The van der Waals surface area contributed by atoms with Gasteiger partial charge in [-0.15, -0.1) is 0 Å². The van der Waals surface area contributed by atoms with E-state index in [1.807, 2.05) is 4.90 Å². The molecule has 9 nitrogen and oxygen atoms in total. The number of nitro groups is 1. The Hall–Kier alpha value is -3.53. The number of nitrogens with one attached hydrogen (secondary N) is 1. The van der Waals surface area contributed by atoms with Crippen molar-refractivity contribution in [2.75, 3.05) is 31.2 Å². The van der Waals surface area contributed by atoms with Gasteiger partial charge in [0, 0.05) is 31.3 Å². The van der Waals surface area contributed by atoms with E-state index in [-0.39, 0.29) is 18.0 Å². The highest BCUT2D eigenvalue weighted by molar-refractivity contribution is 5.83. The van der Waals surface area contributed by atoms with Crippen LogP contribution >= 0.6 is 0 Å². The molecule has 1 unspecified atom stereocenters. The molecule has 0 aromatic heterocycles. The number of carbonyl (C=O) groups is 1. The number of halogens is 1. The van der Waals surface area contributed by atoms with Crippen LogP contribution in [0.3, 0.4) is 0 Å². The molecule has 2 aromatic carbocycles. The normalized spacial score (nSPS) is 15.0. The molecule has 1 amide bonds. The van der Waals surface area contributed by atoms with Crippen molar-refractivity contribution in [3.05, 3.63) is 69.5 Å². The van der Waals surface area contributed by atoms with Crippen LogP contribution in [0, 0.1) is 15.9 Å². The number of oxime groups is 1. The molecule has 10 heteroatoms. The maximum atomic E-state index is 12.9. The third kappa shape index (κ3) is 6.22. The van der Waals surface area contributed by atoms with Crippen LogP contribution in [0.2, 0.25) is 0 Å². The molecule has 0 radical (unpaired) electrons. The lowest BCUT2D eigenvalue weighted by Crippen LogP contribution is -2.36. The van der Waals surface area contributed by atoms with E-state index in [2.05, 4.69) is 10.5 Å². The largest absolute Gasteiger partial charge is 0.383 e. The lowest BCUT2D eigenvalue weighted by molar-refractivity contribution is -0.384. The Morgan fingerprint density at radius 1 is 1.32 bits per heavy atom. The van der Waals surface area contributed by atoms with Gasteiger partial charge in [-0.25, -0.2) is 4.39 Å². The molecule has 1 N–H and O–H groups in total. The molecule has 2 aromatic rings. The number of nitrogens with zero attached hydrogens (tertiary/aromatic N) is 3. The Labute approximate surface area is 178 Å². The second-order valence-corrected chi connectivity index (χ2v) is 6.93. The molecule has 0 aliphatic carbocycles. The van der Waals surface area contributed by atoms with Crippen molar-refractivity contribution in [3.63, 3.8) is 0 Å². The summed E-state index contributed by atoms with van der Waals surface area (Å²) in [5.74, 6) is -0.741. The van der Waals surface area contributed by atoms with E-state index in [1.54, 1.807) is 24.3 Å². The van der Waals surface area contributed by atoms with E-state index >= 15 is 0 Å². The van der Waals surface area contributed by atoms with Gasteiger partial charge in [0.15, 0.2) is 0 Å². The minimum Gasteiger partial charge on any atom is -0.383 e. The first-order chi connectivity index (χ1) is 14.9. The molecule has 0 saturated carbocycles. The van der Waals surface area contributed by atoms with Gasteiger partial charge in [-0.3, -0.25) is 14.9 Å². The molecule has 164 valence electrons. The summed E-state index contributed by atoms with van der Waals surface area (Å²) in [6, 6.07) is 10.6. The highest BCUT2D eigenvalue weighted by Gasteiger charge is 2.21. The molecule has 1 aliphatic heterocycles. The summed E-state index contributed by atoms with van der Waals surface area (Å²) in [7, 11) is 0. The van der Waals surface area contributed by atoms with Gasteiger partial charge in [0.05, 0.1) is 24.4 Å². The maximum absolute atomic E-state index is 12.9. The van der Waals surface area contributed by atoms with Gasteiger partial charge >= 0.3 is 0 Å². The van der Waals surface area contributed by atoms with Crippen LogP contribution in [-0.2, 0) is 20.9 Å². The summed E-state index contributed by atoms with van der Waals surface area (Å²) in [6.45, 7) is 3.97. The minimum atomic E-state index is -0.876. The summed E-state index contributed by atoms with van der Waals surface area (Å²) in [6.07, 6.45) is 0.444. The minimum absolute atomic E-state index is 0.0315. The van der Waals surface area contributed by atoms with E-state index in [9.17, 15) is 19.3 Å². The summed E-state index contributed by atoms with van der Waals surface area (Å²) in [4.78, 5) is 30.2. The molecule has 1 fully saturated rings. The Morgan fingerprint density at radius 3 is 2.71 bits per heavy atom. The number of amides is 1. The number of morpholine rings is 1. The molecule has 3 rings (SSSR count). The van der Waals surface area contributed by atoms with Crippen molar-refractivity contribution >= 4 is 23.5 Å². The Bertz CT molecular complexity index is 945. The van der Waals surface area contributed by atoms with E-state index in [4.69, 9.17) is 9.57 Å². The fourth-order valence-electron chi connectivity index (χ4n) is 3.00. The monoisotopic (exact) mass is 430 g/mol. The van der Waals surface area contributed by atoms with Gasteiger partial charge in [0.2, 0.25) is 6.10 Å². The first-order valence-electron chi connectivity index (χ1n) is 9.76. The second kappa shape index (κ2) is 10.5. The van der Waals surface area contributed by atoms with Crippen LogP contribution in [0.15, 0.2) is 47.6 Å². The molecule has 1 heterocycles. The fraction of sp³-hybridized carbons (Fsp3) is 0.333. The molecular formula is C21H23FN4O5. The van der Waals surface area contributed by atoms with E-state index in [1.165, 1.54) is 31.3 Å². The topological polar surface area (TPSA) is 106 Å². The van der Waals surface area contributed by atoms with Gasteiger partial charge in [0.1, 0.15) is 11.5 Å². The third-order valence-electron chi connectivity index (χ3n) is 4.72. The molecule has 31 heavy (non-hydrogen) atoms. The van der Waals surface area contributed by atoms with Gasteiger partial charge in [-0.2, -0.15) is 0 Å². The van der Waals surface area contributed by atoms with Crippen LogP contribution in [0.1, 0.15) is 18.1 Å². The molecule has 0 spiro atoms. The number of nitro benzene ring substituents is 1. The summed E-state index contributed by atoms with van der Waals surface area (Å²) >= 11 is 0. The number of rotatable bonds is 8. The molecular weight excluding hydrogens is 407 g/mol. The number of hydrogen-bond acceptors (Lipinski definition) is 7. The van der Waals surface area contributed by atoms with Crippen molar-refractivity contribution < 1.29 is 23.7 Å². The van der Waals surface area contributed by atoms with Gasteiger partial charge in [0.25, 0.3) is 11.6 Å². The zero-order valence-electron chi connectivity index (χ0n) is 17.0. The van der Waals surface area contributed by atoms with Gasteiger partial charge in [-0.1, -0.05) is 23.4 Å². The van der Waals surface area contributed by atoms with Crippen molar-refractivity contribution in [1.82, 2.24) is 5.32 Å². The van der Waals surface area contributed by atoms with E-state index < -0.39 is 16.9 Å². The molecule has 1 saturated heterocycles. The Balaban J connectivity index is 1.56.